The Morgan fingerprint density at radius 2 is 1.75 bits per heavy atom. The summed E-state index contributed by atoms with van der Waals surface area (Å²) in [6.07, 6.45) is 0.417. The van der Waals surface area contributed by atoms with Crippen molar-refractivity contribution in [2.75, 3.05) is 13.1 Å². The molecule has 0 aliphatic rings. The Hall–Kier alpha value is -0.480. The lowest BCUT2D eigenvalue weighted by atomic mass is 9.88. The van der Waals surface area contributed by atoms with E-state index < -0.39 is 11.6 Å². The molecule has 0 spiro atoms. The molecule has 0 aliphatic carbocycles. The van der Waals surface area contributed by atoms with Crippen molar-refractivity contribution in [1.29, 1.82) is 0 Å². The third-order valence-electron chi connectivity index (χ3n) is 3.51. The van der Waals surface area contributed by atoms with Gasteiger partial charge in [0.2, 0.25) is 0 Å². The van der Waals surface area contributed by atoms with Crippen LogP contribution in [0.3, 0.4) is 0 Å². The molecule has 1 N–H and O–H groups in total. The van der Waals surface area contributed by atoms with Gasteiger partial charge >= 0.3 is 0 Å². The first-order chi connectivity index (χ1) is 9.32. The molecule has 0 fully saturated rings. The van der Waals surface area contributed by atoms with Gasteiger partial charge in [0.25, 0.3) is 0 Å². The maximum absolute atomic E-state index is 14.0. The Bertz CT molecular complexity index is 433. The monoisotopic (exact) mass is 347 g/mol. The molecule has 20 heavy (non-hydrogen) atoms. The van der Waals surface area contributed by atoms with Crippen LogP contribution in [0, 0.1) is 29.4 Å². The van der Waals surface area contributed by atoms with Crippen molar-refractivity contribution in [2.45, 2.75) is 34.1 Å². The first-order valence-corrected chi connectivity index (χ1v) is 7.95. The topological polar surface area (TPSA) is 12.0 Å². The minimum Gasteiger partial charge on any atom is -0.316 e. The van der Waals surface area contributed by atoms with Crippen molar-refractivity contribution < 1.29 is 8.78 Å². The average Bonchev–Trinajstić information content (AvgIpc) is 2.36. The summed E-state index contributed by atoms with van der Waals surface area (Å²) < 4.78 is 28.2. The molecule has 4 heteroatoms. The highest BCUT2D eigenvalue weighted by Gasteiger charge is 2.20. The molecule has 1 rings (SSSR count). The molecule has 114 valence electrons. The second-order valence-electron chi connectivity index (χ2n) is 6.08. The summed E-state index contributed by atoms with van der Waals surface area (Å²) in [5.74, 6) is 0.223. The number of nitrogens with one attached hydrogen (secondary N) is 1. The second kappa shape index (κ2) is 8.08. The molecule has 0 saturated carbocycles. The van der Waals surface area contributed by atoms with Crippen molar-refractivity contribution in [3.63, 3.8) is 0 Å². The van der Waals surface area contributed by atoms with Crippen LogP contribution in [0.2, 0.25) is 0 Å². The Morgan fingerprint density at radius 3 is 2.30 bits per heavy atom. The molecule has 1 aromatic carbocycles. The van der Waals surface area contributed by atoms with Crippen molar-refractivity contribution in [2.24, 2.45) is 17.8 Å². The smallest absolute Gasteiger partial charge is 0.143 e. The van der Waals surface area contributed by atoms with Gasteiger partial charge in [-0.2, -0.15) is 0 Å². The molecule has 0 radical (unpaired) electrons. The molecule has 1 nitrogen and oxygen atoms in total. The molecule has 0 amide bonds. The molecule has 0 heterocycles. The maximum Gasteiger partial charge on any atom is 0.143 e. The normalized spacial score (nSPS) is 13.2. The lowest BCUT2D eigenvalue weighted by molar-refractivity contribution is 0.344. The van der Waals surface area contributed by atoms with E-state index in [-0.39, 0.29) is 11.5 Å². The Balaban J connectivity index is 2.78. The molecule has 1 atom stereocenters. The van der Waals surface area contributed by atoms with Crippen LogP contribution in [0.1, 0.15) is 33.3 Å². The van der Waals surface area contributed by atoms with E-state index in [2.05, 4.69) is 48.9 Å². The van der Waals surface area contributed by atoms with Crippen molar-refractivity contribution in [1.82, 2.24) is 5.32 Å². The fourth-order valence-electron chi connectivity index (χ4n) is 2.12. The summed E-state index contributed by atoms with van der Waals surface area (Å²) in [6, 6.07) is 2.73. The lowest BCUT2D eigenvalue weighted by Gasteiger charge is -2.23. The number of hydrogen-bond acceptors (Lipinski definition) is 1. The average molecular weight is 348 g/mol. The predicted molar refractivity (Wildman–Crippen MR) is 83.8 cm³/mol. The molecule has 0 aliphatic heterocycles. The van der Waals surface area contributed by atoms with Gasteiger partial charge in [0.05, 0.1) is 4.47 Å². The standard InChI is InChI=1S/C16H24BrF2N/c1-10(2)8-20-9-12(11(3)4)7-13-15(18)6-5-14(17)16(13)19/h5-6,10-12,20H,7-9H2,1-4H3. The highest BCUT2D eigenvalue weighted by molar-refractivity contribution is 9.10. The third-order valence-corrected chi connectivity index (χ3v) is 4.12. The molecule has 0 bridgehead atoms. The molecule has 0 saturated heterocycles. The van der Waals surface area contributed by atoms with Gasteiger partial charge in [0.1, 0.15) is 11.6 Å². The predicted octanol–water partition coefficient (Wildman–Crippen LogP) is 4.79. The minimum atomic E-state index is -0.473. The first-order valence-electron chi connectivity index (χ1n) is 7.16. The van der Waals surface area contributed by atoms with Crippen molar-refractivity contribution in [3.05, 3.63) is 33.8 Å². The highest BCUT2D eigenvalue weighted by Crippen LogP contribution is 2.26. The quantitative estimate of drug-likeness (QED) is 0.699. The number of rotatable bonds is 7. The summed E-state index contributed by atoms with van der Waals surface area (Å²) >= 11 is 3.12. The largest absolute Gasteiger partial charge is 0.316 e. The number of hydrogen-bond donors (Lipinski definition) is 1. The summed E-state index contributed by atoms with van der Waals surface area (Å²) in [4.78, 5) is 0. The van der Waals surface area contributed by atoms with E-state index in [1.165, 1.54) is 12.1 Å². The Kier molecular flexibility index (Phi) is 7.10. The Labute approximate surface area is 129 Å². The van der Waals surface area contributed by atoms with Crippen LogP contribution in [-0.2, 0) is 6.42 Å². The summed E-state index contributed by atoms with van der Waals surface area (Å²) in [7, 11) is 0. The van der Waals surface area contributed by atoms with E-state index in [0.717, 1.165) is 13.1 Å². The second-order valence-corrected chi connectivity index (χ2v) is 6.94. The van der Waals surface area contributed by atoms with E-state index in [4.69, 9.17) is 0 Å². The van der Waals surface area contributed by atoms with E-state index >= 15 is 0 Å². The van der Waals surface area contributed by atoms with Gasteiger partial charge in [-0.3, -0.25) is 0 Å². The van der Waals surface area contributed by atoms with Gasteiger partial charge in [-0.1, -0.05) is 27.7 Å². The van der Waals surface area contributed by atoms with Gasteiger partial charge in [0.15, 0.2) is 0 Å². The summed E-state index contributed by atoms with van der Waals surface area (Å²) in [5, 5.41) is 3.38. The van der Waals surface area contributed by atoms with Crippen LogP contribution in [0.5, 0.6) is 0 Å². The van der Waals surface area contributed by atoms with Gasteiger partial charge in [-0.05, 0) is 65.3 Å². The van der Waals surface area contributed by atoms with Gasteiger partial charge in [-0.15, -0.1) is 0 Å². The van der Waals surface area contributed by atoms with E-state index in [0.29, 0.717) is 22.7 Å². The fraction of sp³-hybridized carbons (Fsp3) is 0.625. The minimum absolute atomic E-state index is 0.185. The SMILES string of the molecule is CC(C)CNCC(Cc1c(F)ccc(Br)c1F)C(C)C. The number of benzene rings is 1. The van der Waals surface area contributed by atoms with E-state index in [1.54, 1.807) is 0 Å². The van der Waals surface area contributed by atoms with Crippen molar-refractivity contribution >= 4 is 15.9 Å². The molecular weight excluding hydrogens is 324 g/mol. The van der Waals surface area contributed by atoms with Crippen LogP contribution in [0.4, 0.5) is 8.78 Å². The number of halogens is 3. The van der Waals surface area contributed by atoms with Crippen LogP contribution in [0.15, 0.2) is 16.6 Å². The zero-order valence-corrected chi connectivity index (χ0v) is 14.2. The first kappa shape index (κ1) is 17.6. The van der Waals surface area contributed by atoms with E-state index in [9.17, 15) is 8.78 Å². The third kappa shape index (κ3) is 5.13. The van der Waals surface area contributed by atoms with Crippen molar-refractivity contribution in [3.8, 4) is 0 Å². The molecular formula is C16H24BrF2N. The molecule has 1 aromatic rings. The summed E-state index contributed by atoms with van der Waals surface area (Å²) in [6.45, 7) is 10.2. The maximum atomic E-state index is 14.0. The van der Waals surface area contributed by atoms with Crippen LogP contribution in [-0.4, -0.2) is 13.1 Å². The van der Waals surface area contributed by atoms with Crippen LogP contribution in [0.25, 0.3) is 0 Å². The summed E-state index contributed by atoms with van der Waals surface area (Å²) in [5.41, 5.74) is 0.185. The lowest BCUT2D eigenvalue weighted by Crippen LogP contribution is -2.30. The van der Waals surface area contributed by atoms with Crippen LogP contribution < -0.4 is 5.32 Å². The zero-order valence-electron chi connectivity index (χ0n) is 12.6. The van der Waals surface area contributed by atoms with Gasteiger partial charge in [0, 0.05) is 5.56 Å². The Morgan fingerprint density at radius 1 is 1.10 bits per heavy atom. The highest BCUT2D eigenvalue weighted by atomic mass is 79.9. The molecule has 1 unspecified atom stereocenters. The molecule has 0 aromatic heterocycles. The van der Waals surface area contributed by atoms with Gasteiger partial charge < -0.3 is 5.32 Å². The van der Waals surface area contributed by atoms with Crippen LogP contribution >= 0.6 is 15.9 Å². The van der Waals surface area contributed by atoms with Gasteiger partial charge in [-0.25, -0.2) is 8.78 Å². The fourth-order valence-corrected chi connectivity index (χ4v) is 2.49. The van der Waals surface area contributed by atoms with E-state index in [1.807, 2.05) is 0 Å². The zero-order chi connectivity index (χ0) is 15.3.